The minimum absolute atomic E-state index is 0.0411. The molecule has 1 aromatic carbocycles. The summed E-state index contributed by atoms with van der Waals surface area (Å²) in [5, 5.41) is 8.74. The molecule has 1 rings (SSSR count). The van der Waals surface area contributed by atoms with Crippen molar-refractivity contribution in [3.63, 3.8) is 0 Å². The highest BCUT2D eigenvalue weighted by molar-refractivity contribution is 7.89. The molecule has 0 bridgehead atoms. The van der Waals surface area contributed by atoms with E-state index in [1.165, 1.54) is 19.2 Å². The Morgan fingerprint density at radius 3 is 2.47 bits per heavy atom. The standard InChI is InChI=1S/C10H14N2O4S/c1-3-12(2)17(15,16)9-5-4-7(10(13)14)6-8(9)11/h4-6H,3,11H2,1-2H3,(H,13,14). The quantitative estimate of drug-likeness (QED) is 0.770. The van der Waals surface area contributed by atoms with Gasteiger partial charge in [0.1, 0.15) is 4.90 Å². The lowest BCUT2D eigenvalue weighted by molar-refractivity contribution is 0.0697. The zero-order chi connectivity index (χ0) is 13.2. The van der Waals surface area contributed by atoms with Gasteiger partial charge in [0.05, 0.1) is 11.3 Å². The Labute approximate surface area is 99.7 Å². The van der Waals surface area contributed by atoms with E-state index in [-0.39, 0.29) is 16.1 Å². The first kappa shape index (κ1) is 13.5. The maximum Gasteiger partial charge on any atom is 0.335 e. The molecule has 0 saturated carbocycles. The summed E-state index contributed by atoms with van der Waals surface area (Å²) in [7, 11) is -2.22. The van der Waals surface area contributed by atoms with Crippen molar-refractivity contribution in [1.29, 1.82) is 0 Å². The zero-order valence-corrected chi connectivity index (χ0v) is 10.4. The Morgan fingerprint density at radius 2 is 2.06 bits per heavy atom. The number of benzene rings is 1. The van der Waals surface area contributed by atoms with Gasteiger partial charge in [0, 0.05) is 13.6 Å². The highest BCUT2D eigenvalue weighted by Crippen LogP contribution is 2.22. The van der Waals surface area contributed by atoms with Gasteiger partial charge in [0.15, 0.2) is 0 Å². The lowest BCUT2D eigenvalue weighted by Gasteiger charge is -2.16. The van der Waals surface area contributed by atoms with Gasteiger partial charge in [-0.1, -0.05) is 6.92 Å². The van der Waals surface area contributed by atoms with E-state index in [0.717, 1.165) is 10.4 Å². The van der Waals surface area contributed by atoms with Crippen LogP contribution in [0.25, 0.3) is 0 Å². The maximum atomic E-state index is 12.0. The molecule has 94 valence electrons. The van der Waals surface area contributed by atoms with Gasteiger partial charge >= 0.3 is 5.97 Å². The molecule has 0 aliphatic heterocycles. The number of anilines is 1. The van der Waals surface area contributed by atoms with Gasteiger partial charge in [-0.25, -0.2) is 17.5 Å². The molecule has 0 saturated heterocycles. The van der Waals surface area contributed by atoms with Gasteiger partial charge in [0.2, 0.25) is 10.0 Å². The van der Waals surface area contributed by atoms with Crippen LogP contribution in [0, 0.1) is 0 Å². The van der Waals surface area contributed by atoms with Crippen molar-refractivity contribution in [2.75, 3.05) is 19.3 Å². The van der Waals surface area contributed by atoms with Crippen molar-refractivity contribution in [2.24, 2.45) is 0 Å². The normalized spacial score (nSPS) is 11.7. The molecule has 7 heteroatoms. The summed E-state index contributed by atoms with van der Waals surface area (Å²) in [6.07, 6.45) is 0. The van der Waals surface area contributed by atoms with Gasteiger partial charge in [-0.3, -0.25) is 0 Å². The monoisotopic (exact) mass is 258 g/mol. The van der Waals surface area contributed by atoms with E-state index >= 15 is 0 Å². The first-order valence-corrected chi connectivity index (χ1v) is 6.34. The number of nitrogen functional groups attached to an aromatic ring is 1. The molecule has 6 nitrogen and oxygen atoms in total. The second-order valence-electron chi connectivity index (χ2n) is 3.48. The van der Waals surface area contributed by atoms with Crippen molar-refractivity contribution < 1.29 is 18.3 Å². The molecule has 0 radical (unpaired) electrons. The predicted molar refractivity (Wildman–Crippen MR) is 63.3 cm³/mol. The van der Waals surface area contributed by atoms with Crippen LogP contribution < -0.4 is 5.73 Å². The second-order valence-corrected chi connectivity index (χ2v) is 5.49. The van der Waals surface area contributed by atoms with Crippen molar-refractivity contribution in [3.05, 3.63) is 23.8 Å². The zero-order valence-electron chi connectivity index (χ0n) is 9.54. The van der Waals surface area contributed by atoms with Crippen LogP contribution in [-0.4, -0.2) is 37.4 Å². The Bertz CT molecular complexity index is 539. The molecular formula is C10H14N2O4S. The van der Waals surface area contributed by atoms with E-state index in [4.69, 9.17) is 10.8 Å². The third-order valence-corrected chi connectivity index (χ3v) is 4.40. The van der Waals surface area contributed by atoms with Crippen molar-refractivity contribution in [2.45, 2.75) is 11.8 Å². The summed E-state index contributed by atoms with van der Waals surface area (Å²) < 4.78 is 25.1. The van der Waals surface area contributed by atoms with Crippen LogP contribution in [-0.2, 0) is 10.0 Å². The molecule has 0 aliphatic rings. The fraction of sp³-hybridized carbons (Fsp3) is 0.300. The van der Waals surface area contributed by atoms with Gasteiger partial charge in [-0.15, -0.1) is 0 Å². The van der Waals surface area contributed by atoms with Crippen LogP contribution in [0.3, 0.4) is 0 Å². The van der Waals surface area contributed by atoms with E-state index in [1.807, 2.05) is 0 Å². The number of hydrogen-bond donors (Lipinski definition) is 2. The number of carboxylic acid groups (broad SMARTS) is 1. The molecule has 0 heterocycles. The van der Waals surface area contributed by atoms with E-state index in [9.17, 15) is 13.2 Å². The summed E-state index contributed by atoms with van der Waals surface area (Å²) in [5.74, 6) is -1.15. The highest BCUT2D eigenvalue weighted by atomic mass is 32.2. The van der Waals surface area contributed by atoms with Crippen LogP contribution in [0.15, 0.2) is 23.1 Å². The van der Waals surface area contributed by atoms with E-state index in [1.54, 1.807) is 6.92 Å². The molecule has 0 fully saturated rings. The third-order valence-electron chi connectivity index (χ3n) is 2.39. The Morgan fingerprint density at radius 1 is 1.47 bits per heavy atom. The third kappa shape index (κ3) is 2.56. The summed E-state index contributed by atoms with van der Waals surface area (Å²) >= 11 is 0. The number of nitrogens with zero attached hydrogens (tertiary/aromatic N) is 1. The average Bonchev–Trinajstić information content (AvgIpc) is 2.27. The van der Waals surface area contributed by atoms with Crippen LogP contribution in [0.1, 0.15) is 17.3 Å². The Hall–Kier alpha value is -1.60. The fourth-order valence-corrected chi connectivity index (χ4v) is 2.53. The van der Waals surface area contributed by atoms with E-state index in [2.05, 4.69) is 0 Å². The Kier molecular flexibility index (Phi) is 3.74. The van der Waals surface area contributed by atoms with Crippen LogP contribution >= 0.6 is 0 Å². The van der Waals surface area contributed by atoms with Crippen molar-refractivity contribution in [3.8, 4) is 0 Å². The highest BCUT2D eigenvalue weighted by Gasteiger charge is 2.22. The molecule has 3 N–H and O–H groups in total. The molecule has 0 spiro atoms. The average molecular weight is 258 g/mol. The fourth-order valence-electron chi connectivity index (χ4n) is 1.25. The van der Waals surface area contributed by atoms with Crippen LogP contribution in [0.2, 0.25) is 0 Å². The number of hydrogen-bond acceptors (Lipinski definition) is 4. The summed E-state index contributed by atoms with van der Waals surface area (Å²) in [5.41, 5.74) is 5.46. The van der Waals surface area contributed by atoms with E-state index in [0.29, 0.717) is 6.54 Å². The number of aromatic carboxylic acids is 1. The maximum absolute atomic E-state index is 12.0. The number of sulfonamides is 1. The van der Waals surface area contributed by atoms with Crippen molar-refractivity contribution >= 4 is 21.7 Å². The van der Waals surface area contributed by atoms with Crippen molar-refractivity contribution in [1.82, 2.24) is 4.31 Å². The number of nitrogens with two attached hydrogens (primary N) is 1. The molecule has 0 atom stereocenters. The second kappa shape index (κ2) is 4.72. The predicted octanol–water partition coefficient (Wildman–Crippen LogP) is 0.607. The summed E-state index contributed by atoms with van der Waals surface area (Å²) in [6.45, 7) is 2.00. The van der Waals surface area contributed by atoms with Crippen LogP contribution in [0.4, 0.5) is 5.69 Å². The van der Waals surface area contributed by atoms with Crippen LogP contribution in [0.5, 0.6) is 0 Å². The molecule has 0 aliphatic carbocycles. The molecule has 0 aromatic heterocycles. The number of carboxylic acids is 1. The molecule has 17 heavy (non-hydrogen) atoms. The SMILES string of the molecule is CCN(C)S(=O)(=O)c1ccc(C(=O)O)cc1N. The lowest BCUT2D eigenvalue weighted by Crippen LogP contribution is -2.27. The van der Waals surface area contributed by atoms with Gasteiger partial charge in [0.25, 0.3) is 0 Å². The van der Waals surface area contributed by atoms with E-state index < -0.39 is 16.0 Å². The first-order valence-electron chi connectivity index (χ1n) is 4.90. The minimum atomic E-state index is -3.65. The molecule has 0 amide bonds. The van der Waals surface area contributed by atoms with Gasteiger partial charge < -0.3 is 10.8 Å². The molecular weight excluding hydrogens is 244 g/mol. The first-order chi connectivity index (χ1) is 7.80. The van der Waals surface area contributed by atoms with Gasteiger partial charge in [-0.2, -0.15) is 0 Å². The molecule has 0 unspecified atom stereocenters. The minimum Gasteiger partial charge on any atom is -0.478 e. The topological polar surface area (TPSA) is 101 Å². The number of rotatable bonds is 4. The smallest absolute Gasteiger partial charge is 0.335 e. The van der Waals surface area contributed by atoms with Gasteiger partial charge in [-0.05, 0) is 18.2 Å². The lowest BCUT2D eigenvalue weighted by atomic mass is 10.2. The molecule has 1 aromatic rings. The summed E-state index contributed by atoms with van der Waals surface area (Å²) in [4.78, 5) is 10.6. The largest absolute Gasteiger partial charge is 0.478 e. The Balaban J connectivity index is 3.31. The summed E-state index contributed by atoms with van der Waals surface area (Å²) in [6, 6.07) is 3.56. The number of carbonyl (C=O) groups is 1.